The van der Waals surface area contributed by atoms with Crippen LogP contribution < -0.4 is 16.0 Å². The second kappa shape index (κ2) is 8.29. The molecule has 0 aliphatic carbocycles. The Hall–Kier alpha value is -3.45. The van der Waals surface area contributed by atoms with E-state index in [1.807, 2.05) is 6.07 Å². The van der Waals surface area contributed by atoms with Crippen LogP contribution in [0.5, 0.6) is 0 Å². The van der Waals surface area contributed by atoms with Gasteiger partial charge in [-0.15, -0.1) is 0 Å². The molecule has 1 aromatic heterocycles. The predicted molar refractivity (Wildman–Crippen MR) is 105 cm³/mol. The highest BCUT2D eigenvalue weighted by Crippen LogP contribution is 2.18. The van der Waals surface area contributed by atoms with E-state index in [2.05, 4.69) is 25.9 Å². The van der Waals surface area contributed by atoms with Crippen molar-refractivity contribution in [1.82, 2.24) is 9.97 Å². The van der Waals surface area contributed by atoms with Crippen LogP contribution in [0, 0.1) is 0 Å². The smallest absolute Gasteiger partial charge is 0.274 e. The maximum atomic E-state index is 12.4. The van der Waals surface area contributed by atoms with Crippen LogP contribution in [-0.4, -0.2) is 21.8 Å². The Kier molecular flexibility index (Phi) is 5.63. The van der Waals surface area contributed by atoms with Crippen LogP contribution in [0.3, 0.4) is 0 Å². The van der Waals surface area contributed by atoms with Crippen molar-refractivity contribution in [1.29, 1.82) is 0 Å². The number of amides is 2. The van der Waals surface area contributed by atoms with E-state index < -0.39 is 0 Å². The quantitative estimate of drug-likeness (QED) is 0.618. The fraction of sp³-hybridized carbons (Fsp3) is 0.0526. The van der Waals surface area contributed by atoms with Crippen molar-refractivity contribution in [2.24, 2.45) is 0 Å². The number of anilines is 4. The number of halogens is 1. The number of rotatable bonds is 5. The lowest BCUT2D eigenvalue weighted by Crippen LogP contribution is -2.15. The molecule has 3 N–H and O–H groups in total. The highest BCUT2D eigenvalue weighted by molar-refractivity contribution is 6.30. The molecule has 27 heavy (non-hydrogen) atoms. The number of hydrogen-bond donors (Lipinski definition) is 3. The summed E-state index contributed by atoms with van der Waals surface area (Å²) in [5.74, 6) is -0.253. The highest BCUT2D eigenvalue weighted by Gasteiger charge is 2.10. The Balaban J connectivity index is 1.69. The summed E-state index contributed by atoms with van der Waals surface area (Å²) in [6, 6.07) is 15.4. The number of aromatic nitrogens is 2. The summed E-state index contributed by atoms with van der Waals surface area (Å²) in [4.78, 5) is 31.8. The van der Waals surface area contributed by atoms with Gasteiger partial charge in [0.05, 0.1) is 0 Å². The molecule has 3 aromatic rings. The molecule has 8 heteroatoms. The normalized spacial score (nSPS) is 10.1. The molecule has 0 bridgehead atoms. The molecule has 0 aliphatic rings. The molecule has 0 saturated carbocycles. The van der Waals surface area contributed by atoms with Gasteiger partial charge in [0.25, 0.3) is 5.91 Å². The van der Waals surface area contributed by atoms with Crippen LogP contribution in [0.25, 0.3) is 0 Å². The van der Waals surface area contributed by atoms with E-state index in [1.165, 1.54) is 19.2 Å². The Bertz CT molecular complexity index is 976. The molecule has 2 amide bonds. The fourth-order valence-corrected chi connectivity index (χ4v) is 2.47. The molecule has 0 fully saturated rings. The van der Waals surface area contributed by atoms with Crippen LogP contribution in [-0.2, 0) is 4.79 Å². The zero-order valence-electron chi connectivity index (χ0n) is 14.4. The summed E-state index contributed by atoms with van der Waals surface area (Å²) >= 11 is 5.95. The molecule has 1 heterocycles. The monoisotopic (exact) mass is 381 g/mol. The van der Waals surface area contributed by atoms with Crippen molar-refractivity contribution < 1.29 is 9.59 Å². The third-order valence-corrected chi connectivity index (χ3v) is 3.67. The molecule has 0 radical (unpaired) electrons. The van der Waals surface area contributed by atoms with Gasteiger partial charge in [0.2, 0.25) is 11.9 Å². The zero-order valence-corrected chi connectivity index (χ0v) is 15.1. The minimum absolute atomic E-state index is 0.160. The number of carbonyl (C=O) groups is 2. The number of hydrogen-bond acceptors (Lipinski definition) is 5. The minimum Gasteiger partial charge on any atom is -0.326 e. The number of benzene rings is 2. The van der Waals surface area contributed by atoms with Gasteiger partial charge in [0, 0.05) is 35.2 Å². The Labute approximate surface area is 160 Å². The highest BCUT2D eigenvalue weighted by atomic mass is 35.5. The Morgan fingerprint density at radius 2 is 1.63 bits per heavy atom. The van der Waals surface area contributed by atoms with Gasteiger partial charge >= 0.3 is 0 Å². The summed E-state index contributed by atoms with van der Waals surface area (Å²) in [6.07, 6.45) is 1.49. The average Bonchev–Trinajstić information content (AvgIpc) is 2.63. The van der Waals surface area contributed by atoms with E-state index >= 15 is 0 Å². The maximum Gasteiger partial charge on any atom is 0.274 e. The van der Waals surface area contributed by atoms with Crippen molar-refractivity contribution in [2.75, 3.05) is 16.0 Å². The molecule has 0 aliphatic heterocycles. The molecule has 0 spiro atoms. The van der Waals surface area contributed by atoms with Gasteiger partial charge in [0.1, 0.15) is 5.69 Å². The SMILES string of the molecule is CC(=O)Nc1ccc(NC(=O)c2ccnc(Nc3cccc(Cl)c3)n2)cc1. The molecule has 0 atom stereocenters. The van der Waals surface area contributed by atoms with Crippen LogP contribution >= 0.6 is 11.6 Å². The van der Waals surface area contributed by atoms with Gasteiger partial charge in [-0.25, -0.2) is 9.97 Å². The largest absolute Gasteiger partial charge is 0.326 e. The summed E-state index contributed by atoms with van der Waals surface area (Å²) in [5.41, 5.74) is 2.15. The zero-order chi connectivity index (χ0) is 19.2. The second-order valence-corrected chi connectivity index (χ2v) is 6.05. The van der Waals surface area contributed by atoms with Crippen molar-refractivity contribution >= 4 is 46.4 Å². The second-order valence-electron chi connectivity index (χ2n) is 5.61. The van der Waals surface area contributed by atoms with Crippen molar-refractivity contribution in [3.8, 4) is 0 Å². The molecular formula is C19H16ClN5O2. The van der Waals surface area contributed by atoms with Gasteiger partial charge in [0.15, 0.2) is 0 Å². The van der Waals surface area contributed by atoms with Gasteiger partial charge < -0.3 is 16.0 Å². The summed E-state index contributed by atoms with van der Waals surface area (Å²) in [6.45, 7) is 1.43. The molecule has 7 nitrogen and oxygen atoms in total. The molecule has 2 aromatic carbocycles. The third kappa shape index (κ3) is 5.26. The number of nitrogens with zero attached hydrogens (tertiary/aromatic N) is 2. The number of carbonyl (C=O) groups excluding carboxylic acids is 2. The molecule has 3 rings (SSSR count). The molecule has 136 valence electrons. The lowest BCUT2D eigenvalue weighted by Gasteiger charge is -2.08. The predicted octanol–water partition coefficient (Wildman–Crippen LogP) is 4.08. The minimum atomic E-state index is -0.376. The first-order valence-corrected chi connectivity index (χ1v) is 8.42. The first-order chi connectivity index (χ1) is 13.0. The van der Waals surface area contributed by atoms with E-state index in [0.717, 1.165) is 0 Å². The topological polar surface area (TPSA) is 96.0 Å². The third-order valence-electron chi connectivity index (χ3n) is 3.43. The van der Waals surface area contributed by atoms with E-state index in [9.17, 15) is 9.59 Å². The average molecular weight is 382 g/mol. The van der Waals surface area contributed by atoms with Crippen LogP contribution in [0.4, 0.5) is 23.0 Å². The summed E-state index contributed by atoms with van der Waals surface area (Å²) in [7, 11) is 0. The van der Waals surface area contributed by atoms with Crippen molar-refractivity contribution in [2.45, 2.75) is 6.92 Å². The van der Waals surface area contributed by atoms with Gasteiger partial charge in [-0.3, -0.25) is 9.59 Å². The first kappa shape index (κ1) is 18.3. The first-order valence-electron chi connectivity index (χ1n) is 8.04. The van der Waals surface area contributed by atoms with Crippen LogP contribution in [0.2, 0.25) is 5.02 Å². The van der Waals surface area contributed by atoms with Gasteiger partial charge in [-0.2, -0.15) is 0 Å². The summed E-state index contributed by atoms with van der Waals surface area (Å²) in [5, 5.41) is 8.99. The lowest BCUT2D eigenvalue weighted by atomic mass is 10.2. The summed E-state index contributed by atoms with van der Waals surface area (Å²) < 4.78 is 0. The van der Waals surface area contributed by atoms with Crippen molar-refractivity contribution in [3.05, 3.63) is 71.5 Å². The van der Waals surface area contributed by atoms with E-state index in [0.29, 0.717) is 22.1 Å². The van der Waals surface area contributed by atoms with E-state index in [1.54, 1.807) is 42.5 Å². The Morgan fingerprint density at radius 1 is 0.926 bits per heavy atom. The van der Waals surface area contributed by atoms with Crippen molar-refractivity contribution in [3.63, 3.8) is 0 Å². The van der Waals surface area contributed by atoms with E-state index in [4.69, 9.17) is 11.6 Å². The standard InChI is InChI=1S/C19H16ClN5O2/c1-12(26)22-14-5-7-15(8-6-14)23-18(27)17-9-10-21-19(25-17)24-16-4-2-3-13(20)11-16/h2-11H,1H3,(H,22,26)(H,23,27)(H,21,24,25). The number of nitrogens with one attached hydrogen (secondary N) is 3. The van der Waals surface area contributed by atoms with Crippen LogP contribution in [0.1, 0.15) is 17.4 Å². The maximum absolute atomic E-state index is 12.4. The van der Waals surface area contributed by atoms with Crippen LogP contribution in [0.15, 0.2) is 60.8 Å². The molecule has 0 saturated heterocycles. The molecule has 0 unspecified atom stereocenters. The molecular weight excluding hydrogens is 366 g/mol. The Morgan fingerprint density at radius 3 is 2.30 bits per heavy atom. The van der Waals surface area contributed by atoms with Gasteiger partial charge in [-0.05, 0) is 48.5 Å². The van der Waals surface area contributed by atoms with E-state index in [-0.39, 0.29) is 23.5 Å². The van der Waals surface area contributed by atoms with Gasteiger partial charge in [-0.1, -0.05) is 17.7 Å². The fourth-order valence-electron chi connectivity index (χ4n) is 2.28. The lowest BCUT2D eigenvalue weighted by molar-refractivity contribution is -0.114.